The molecule has 0 atom stereocenters. The first-order chi connectivity index (χ1) is 4.86. The molecule has 5 heteroatoms. The van der Waals surface area contributed by atoms with E-state index in [0.717, 1.165) is 0 Å². The summed E-state index contributed by atoms with van der Waals surface area (Å²) in [6.45, 7) is 0. The van der Waals surface area contributed by atoms with E-state index in [4.69, 9.17) is 5.11 Å². The van der Waals surface area contributed by atoms with Gasteiger partial charge in [-0.25, -0.2) is 9.97 Å². The van der Waals surface area contributed by atoms with Crippen molar-refractivity contribution in [3.63, 3.8) is 0 Å². The van der Waals surface area contributed by atoms with Crippen LogP contribution >= 0.6 is 0 Å². The lowest BCUT2D eigenvalue weighted by molar-refractivity contribution is 0.453. The molecular formula is C5H4N4O. The number of fused-ring (bicyclic) bond motifs is 1. The first kappa shape index (κ1) is 5.16. The van der Waals surface area contributed by atoms with E-state index in [9.17, 15) is 0 Å². The summed E-state index contributed by atoms with van der Waals surface area (Å²) in [7, 11) is 0. The van der Waals surface area contributed by atoms with Crippen molar-refractivity contribution in [2.45, 2.75) is 0 Å². The third-order valence-electron chi connectivity index (χ3n) is 1.14. The van der Waals surface area contributed by atoms with E-state index in [-0.39, 0.29) is 5.88 Å². The van der Waals surface area contributed by atoms with E-state index < -0.39 is 0 Å². The smallest absolute Gasteiger partial charge is 0.230 e. The molecule has 0 spiro atoms. The zero-order chi connectivity index (χ0) is 6.97. The molecule has 0 saturated heterocycles. The Morgan fingerprint density at radius 2 is 2.30 bits per heavy atom. The van der Waals surface area contributed by atoms with Crippen LogP contribution in [0, 0.1) is 0 Å². The van der Waals surface area contributed by atoms with Gasteiger partial charge in [0, 0.05) is 0 Å². The minimum Gasteiger partial charge on any atom is -0.492 e. The molecule has 0 radical (unpaired) electrons. The van der Waals surface area contributed by atoms with Crippen LogP contribution in [0.1, 0.15) is 0 Å². The quantitative estimate of drug-likeness (QED) is 0.537. The number of H-pyrrole nitrogens is 1. The summed E-state index contributed by atoms with van der Waals surface area (Å²) in [5, 5.41) is 15.1. The number of nitrogens with one attached hydrogen (secondary N) is 1. The average molecular weight is 136 g/mol. The highest BCUT2D eigenvalue weighted by atomic mass is 16.3. The largest absolute Gasteiger partial charge is 0.492 e. The molecule has 5 nitrogen and oxygen atoms in total. The molecule has 10 heavy (non-hydrogen) atoms. The molecule has 2 aromatic rings. The van der Waals surface area contributed by atoms with Gasteiger partial charge in [-0.2, -0.15) is 5.10 Å². The fourth-order valence-electron chi connectivity index (χ4n) is 0.724. The fourth-order valence-corrected chi connectivity index (χ4v) is 0.724. The summed E-state index contributed by atoms with van der Waals surface area (Å²) in [6, 6.07) is 0. The molecule has 0 saturated carbocycles. The van der Waals surface area contributed by atoms with Gasteiger partial charge in [-0.15, -0.1) is 0 Å². The van der Waals surface area contributed by atoms with E-state index in [0.29, 0.717) is 11.2 Å². The fraction of sp³-hybridized carbons (Fsp3) is 0. The van der Waals surface area contributed by atoms with Gasteiger partial charge >= 0.3 is 0 Å². The molecule has 0 unspecified atom stereocenters. The van der Waals surface area contributed by atoms with Gasteiger partial charge in [0.2, 0.25) is 5.88 Å². The lowest BCUT2D eigenvalue weighted by Gasteiger charge is -1.86. The summed E-state index contributed by atoms with van der Waals surface area (Å²) in [5.74, 6) is -0.0890. The molecule has 0 fully saturated rings. The Hall–Kier alpha value is -1.65. The SMILES string of the molecule is Oc1cnc2[nH]ncc2n1. The van der Waals surface area contributed by atoms with Crippen molar-refractivity contribution >= 4 is 11.2 Å². The minimum absolute atomic E-state index is 0.0890. The maximum absolute atomic E-state index is 8.83. The van der Waals surface area contributed by atoms with Gasteiger partial charge in [-0.05, 0) is 0 Å². The summed E-state index contributed by atoms with van der Waals surface area (Å²) in [4.78, 5) is 7.55. The van der Waals surface area contributed by atoms with Crippen LogP contribution in [-0.2, 0) is 0 Å². The number of hydrogen-bond acceptors (Lipinski definition) is 4. The standard InChI is InChI=1S/C5H4N4O/c10-4-2-6-5-3(8-4)1-7-9-5/h1-2H,(H,8,10)(H,6,7,9). The number of aromatic hydroxyl groups is 1. The third kappa shape index (κ3) is 0.604. The Kier molecular flexibility index (Phi) is 0.858. The predicted molar refractivity (Wildman–Crippen MR) is 33.3 cm³/mol. The normalized spacial score (nSPS) is 10.4. The number of aromatic amines is 1. The van der Waals surface area contributed by atoms with Gasteiger partial charge in [0.1, 0.15) is 5.52 Å². The Morgan fingerprint density at radius 1 is 1.40 bits per heavy atom. The second kappa shape index (κ2) is 1.66. The molecule has 0 aliphatic heterocycles. The maximum atomic E-state index is 8.83. The minimum atomic E-state index is -0.0890. The summed E-state index contributed by atoms with van der Waals surface area (Å²) >= 11 is 0. The van der Waals surface area contributed by atoms with Gasteiger partial charge in [-0.1, -0.05) is 0 Å². The number of hydrogen-bond donors (Lipinski definition) is 2. The van der Waals surface area contributed by atoms with Crippen LogP contribution in [0.15, 0.2) is 12.4 Å². The molecular weight excluding hydrogens is 132 g/mol. The Balaban J connectivity index is 2.86. The highest BCUT2D eigenvalue weighted by molar-refractivity contribution is 5.68. The van der Waals surface area contributed by atoms with Gasteiger partial charge < -0.3 is 5.11 Å². The Labute approximate surface area is 55.7 Å². The average Bonchev–Trinajstić information content (AvgIpc) is 2.33. The van der Waals surface area contributed by atoms with E-state index in [1.807, 2.05) is 0 Å². The predicted octanol–water partition coefficient (Wildman–Crippen LogP) is 0.0585. The zero-order valence-corrected chi connectivity index (χ0v) is 4.94. The van der Waals surface area contributed by atoms with Crippen LogP contribution in [-0.4, -0.2) is 25.3 Å². The molecule has 0 aromatic carbocycles. The van der Waals surface area contributed by atoms with E-state index in [1.165, 1.54) is 12.4 Å². The first-order valence-corrected chi connectivity index (χ1v) is 2.71. The molecule has 50 valence electrons. The maximum Gasteiger partial charge on any atom is 0.230 e. The van der Waals surface area contributed by atoms with Crippen molar-refractivity contribution in [3.8, 4) is 5.88 Å². The van der Waals surface area contributed by atoms with Crippen LogP contribution < -0.4 is 0 Å². The number of nitrogens with zero attached hydrogens (tertiary/aromatic N) is 3. The molecule has 2 N–H and O–H groups in total. The lowest BCUT2D eigenvalue weighted by atomic mass is 10.5. The van der Waals surface area contributed by atoms with Crippen molar-refractivity contribution in [1.29, 1.82) is 0 Å². The second-order valence-corrected chi connectivity index (χ2v) is 1.83. The third-order valence-corrected chi connectivity index (χ3v) is 1.14. The lowest BCUT2D eigenvalue weighted by Crippen LogP contribution is -1.79. The van der Waals surface area contributed by atoms with Crippen LogP contribution in [0.25, 0.3) is 11.2 Å². The van der Waals surface area contributed by atoms with Crippen LogP contribution in [0.3, 0.4) is 0 Å². The first-order valence-electron chi connectivity index (χ1n) is 2.71. The molecule has 0 bridgehead atoms. The van der Waals surface area contributed by atoms with E-state index in [1.54, 1.807) is 0 Å². The molecule has 2 rings (SSSR count). The molecule has 2 heterocycles. The van der Waals surface area contributed by atoms with Gasteiger partial charge in [-0.3, -0.25) is 5.10 Å². The molecule has 2 aromatic heterocycles. The zero-order valence-electron chi connectivity index (χ0n) is 4.94. The Morgan fingerprint density at radius 3 is 3.20 bits per heavy atom. The van der Waals surface area contributed by atoms with Crippen LogP contribution in [0.4, 0.5) is 0 Å². The summed E-state index contributed by atoms with van der Waals surface area (Å²) in [5.41, 5.74) is 1.15. The molecule has 0 amide bonds. The highest BCUT2D eigenvalue weighted by Gasteiger charge is 1.97. The highest BCUT2D eigenvalue weighted by Crippen LogP contribution is 2.07. The van der Waals surface area contributed by atoms with Crippen molar-refractivity contribution in [2.24, 2.45) is 0 Å². The number of rotatable bonds is 0. The Bertz CT molecular complexity index is 355. The van der Waals surface area contributed by atoms with Crippen molar-refractivity contribution in [1.82, 2.24) is 20.2 Å². The van der Waals surface area contributed by atoms with Crippen molar-refractivity contribution < 1.29 is 5.11 Å². The topological polar surface area (TPSA) is 74.7 Å². The molecule has 0 aliphatic rings. The molecule has 0 aliphatic carbocycles. The van der Waals surface area contributed by atoms with Crippen LogP contribution in [0.5, 0.6) is 5.88 Å². The van der Waals surface area contributed by atoms with Crippen molar-refractivity contribution in [2.75, 3.05) is 0 Å². The second-order valence-electron chi connectivity index (χ2n) is 1.83. The monoisotopic (exact) mass is 136 g/mol. The van der Waals surface area contributed by atoms with E-state index >= 15 is 0 Å². The van der Waals surface area contributed by atoms with Gasteiger partial charge in [0.15, 0.2) is 5.65 Å². The van der Waals surface area contributed by atoms with Crippen molar-refractivity contribution in [3.05, 3.63) is 12.4 Å². The van der Waals surface area contributed by atoms with Crippen LogP contribution in [0.2, 0.25) is 0 Å². The van der Waals surface area contributed by atoms with Gasteiger partial charge in [0.25, 0.3) is 0 Å². The summed E-state index contributed by atoms with van der Waals surface area (Å²) in [6.07, 6.45) is 2.77. The van der Waals surface area contributed by atoms with Gasteiger partial charge in [0.05, 0.1) is 12.4 Å². The number of aromatic nitrogens is 4. The van der Waals surface area contributed by atoms with E-state index in [2.05, 4.69) is 20.2 Å². The summed E-state index contributed by atoms with van der Waals surface area (Å²) < 4.78 is 0.